The minimum absolute atomic E-state index is 0. The molecule has 0 aliphatic heterocycles. The summed E-state index contributed by atoms with van der Waals surface area (Å²) in [6.45, 7) is 0. The second-order valence-electron chi connectivity index (χ2n) is 5.90. The van der Waals surface area contributed by atoms with Gasteiger partial charge in [-0.15, -0.1) is 0 Å². The number of rotatable bonds is 4. The van der Waals surface area contributed by atoms with Gasteiger partial charge in [-0.3, -0.25) is 19.9 Å². The summed E-state index contributed by atoms with van der Waals surface area (Å²) in [5, 5.41) is 17.7. The Kier molecular flexibility index (Phi) is 8.61. The topological polar surface area (TPSA) is 126 Å². The van der Waals surface area contributed by atoms with Crippen LogP contribution in [0, 0.1) is 0 Å². The SMILES string of the molecule is O=C(O)c1ccnc(-c2cc(C(=O)O)ccn2)c1.[Os].c1ccc(-c2ccccn2)nc1. The Labute approximate surface area is 190 Å². The van der Waals surface area contributed by atoms with Crippen LogP contribution in [0.2, 0.25) is 0 Å². The molecule has 0 aliphatic carbocycles. The fraction of sp³-hybridized carbons (Fsp3) is 0. The molecule has 0 saturated carbocycles. The van der Waals surface area contributed by atoms with E-state index in [0.29, 0.717) is 11.4 Å². The van der Waals surface area contributed by atoms with E-state index in [1.165, 1.54) is 36.7 Å². The number of aromatic carboxylic acids is 2. The van der Waals surface area contributed by atoms with Crippen molar-refractivity contribution in [3.8, 4) is 22.8 Å². The first-order chi connectivity index (χ1) is 14.5. The molecule has 4 aromatic heterocycles. The van der Waals surface area contributed by atoms with Gasteiger partial charge in [-0.05, 0) is 48.5 Å². The molecule has 9 heteroatoms. The maximum Gasteiger partial charge on any atom is 0.335 e. The van der Waals surface area contributed by atoms with Crippen LogP contribution in [-0.4, -0.2) is 42.1 Å². The van der Waals surface area contributed by atoms with Crippen LogP contribution in [0.4, 0.5) is 0 Å². The molecular weight excluding hydrogens is 574 g/mol. The van der Waals surface area contributed by atoms with Gasteiger partial charge >= 0.3 is 11.9 Å². The molecule has 4 heterocycles. The van der Waals surface area contributed by atoms with E-state index in [1.807, 2.05) is 36.4 Å². The third-order valence-corrected chi connectivity index (χ3v) is 3.87. The molecule has 4 rings (SSSR count). The largest absolute Gasteiger partial charge is 0.478 e. The number of carboxylic acids is 2. The monoisotopic (exact) mass is 592 g/mol. The summed E-state index contributed by atoms with van der Waals surface area (Å²) in [5.41, 5.74) is 2.61. The van der Waals surface area contributed by atoms with Gasteiger partial charge in [-0.25, -0.2) is 9.59 Å². The van der Waals surface area contributed by atoms with Crippen LogP contribution < -0.4 is 0 Å². The summed E-state index contributed by atoms with van der Waals surface area (Å²) in [4.78, 5) is 38.0. The van der Waals surface area contributed by atoms with Gasteiger partial charge in [0.25, 0.3) is 0 Å². The summed E-state index contributed by atoms with van der Waals surface area (Å²) in [6.07, 6.45) is 6.22. The van der Waals surface area contributed by atoms with Crippen molar-refractivity contribution in [1.82, 2.24) is 19.9 Å². The molecule has 0 amide bonds. The maximum atomic E-state index is 10.8. The Morgan fingerprint density at radius 3 is 1.26 bits per heavy atom. The summed E-state index contributed by atoms with van der Waals surface area (Å²) in [6, 6.07) is 17.0. The van der Waals surface area contributed by atoms with Crippen molar-refractivity contribution < 1.29 is 39.6 Å². The average Bonchev–Trinajstić information content (AvgIpc) is 2.81. The molecule has 31 heavy (non-hydrogen) atoms. The zero-order valence-corrected chi connectivity index (χ0v) is 18.5. The number of carbonyl (C=O) groups is 2. The normalized spacial score (nSPS) is 9.55. The number of aromatic nitrogens is 4. The Balaban J connectivity index is 0.000000229. The standard InChI is InChI=1S/C12H8N2O4.C10H8N2.Os/c15-11(16)7-1-3-13-9(5-7)10-6-8(12(17)18)2-4-14-10;1-3-7-11-9(5-1)10-6-2-4-8-12-10;/h1-6H,(H,15,16)(H,17,18);1-8H;. The van der Waals surface area contributed by atoms with E-state index in [0.717, 1.165) is 11.4 Å². The first-order valence-corrected chi connectivity index (χ1v) is 8.76. The third-order valence-electron chi connectivity index (χ3n) is 3.87. The molecule has 0 bridgehead atoms. The Hall–Kier alpha value is -3.82. The molecular formula is C22H16N4O4Os. The maximum absolute atomic E-state index is 10.8. The molecule has 0 saturated heterocycles. The van der Waals surface area contributed by atoms with Crippen molar-refractivity contribution >= 4 is 11.9 Å². The molecule has 0 aliphatic rings. The number of nitrogens with zero attached hydrogens (tertiary/aromatic N) is 4. The van der Waals surface area contributed by atoms with E-state index in [2.05, 4.69) is 19.9 Å². The number of hydrogen-bond acceptors (Lipinski definition) is 6. The number of carboxylic acid groups (broad SMARTS) is 2. The predicted octanol–water partition coefficient (Wildman–Crippen LogP) is 3.68. The minimum atomic E-state index is -1.08. The van der Waals surface area contributed by atoms with Crippen molar-refractivity contribution in [3.05, 3.63) is 96.6 Å². The number of pyridine rings is 4. The van der Waals surface area contributed by atoms with E-state index in [9.17, 15) is 9.59 Å². The second kappa shape index (κ2) is 11.4. The summed E-state index contributed by atoms with van der Waals surface area (Å²) in [5.74, 6) is -2.15. The first-order valence-electron chi connectivity index (χ1n) is 8.76. The van der Waals surface area contributed by atoms with Gasteiger partial charge in [0.15, 0.2) is 0 Å². The Morgan fingerprint density at radius 2 is 0.935 bits per heavy atom. The van der Waals surface area contributed by atoms with Crippen molar-refractivity contribution in [3.63, 3.8) is 0 Å². The fourth-order valence-electron chi connectivity index (χ4n) is 2.44. The Bertz CT molecular complexity index is 1070. The van der Waals surface area contributed by atoms with E-state index >= 15 is 0 Å². The molecule has 0 radical (unpaired) electrons. The molecule has 0 aromatic carbocycles. The van der Waals surface area contributed by atoms with Crippen LogP contribution in [0.3, 0.4) is 0 Å². The van der Waals surface area contributed by atoms with Crippen LogP contribution in [0.25, 0.3) is 22.8 Å². The quantitative estimate of drug-likeness (QED) is 0.369. The van der Waals surface area contributed by atoms with Crippen LogP contribution in [0.1, 0.15) is 20.7 Å². The van der Waals surface area contributed by atoms with Crippen LogP contribution >= 0.6 is 0 Å². The van der Waals surface area contributed by atoms with Gasteiger partial charge in [0.05, 0.1) is 33.9 Å². The summed E-state index contributed by atoms with van der Waals surface area (Å²) in [7, 11) is 0. The van der Waals surface area contributed by atoms with Crippen molar-refractivity contribution in [2.75, 3.05) is 0 Å². The molecule has 0 atom stereocenters. The van der Waals surface area contributed by atoms with Crippen molar-refractivity contribution in [1.29, 1.82) is 0 Å². The Morgan fingerprint density at radius 1 is 0.548 bits per heavy atom. The van der Waals surface area contributed by atoms with E-state index in [-0.39, 0.29) is 30.9 Å². The second-order valence-corrected chi connectivity index (χ2v) is 5.90. The summed E-state index contributed by atoms with van der Waals surface area (Å²) >= 11 is 0. The average molecular weight is 591 g/mol. The number of hydrogen-bond donors (Lipinski definition) is 2. The van der Waals surface area contributed by atoms with Crippen LogP contribution in [0.15, 0.2) is 85.5 Å². The first kappa shape index (κ1) is 23.5. The summed E-state index contributed by atoms with van der Waals surface area (Å²) < 4.78 is 0. The van der Waals surface area contributed by atoms with Crippen LogP contribution in [0.5, 0.6) is 0 Å². The molecule has 0 unspecified atom stereocenters. The van der Waals surface area contributed by atoms with Gasteiger partial charge in [-0.1, -0.05) is 12.1 Å². The molecule has 4 aromatic rings. The zero-order valence-electron chi connectivity index (χ0n) is 15.9. The smallest absolute Gasteiger partial charge is 0.335 e. The van der Waals surface area contributed by atoms with Gasteiger partial charge in [0.2, 0.25) is 0 Å². The predicted molar refractivity (Wildman–Crippen MR) is 109 cm³/mol. The fourth-order valence-corrected chi connectivity index (χ4v) is 2.44. The van der Waals surface area contributed by atoms with Crippen LogP contribution in [-0.2, 0) is 19.8 Å². The van der Waals surface area contributed by atoms with Gasteiger partial charge in [-0.2, -0.15) is 0 Å². The van der Waals surface area contributed by atoms with Crippen molar-refractivity contribution in [2.24, 2.45) is 0 Å². The van der Waals surface area contributed by atoms with Gasteiger partial charge in [0, 0.05) is 44.6 Å². The molecule has 8 nitrogen and oxygen atoms in total. The molecule has 156 valence electrons. The van der Waals surface area contributed by atoms with Crippen molar-refractivity contribution in [2.45, 2.75) is 0 Å². The molecule has 2 N–H and O–H groups in total. The third kappa shape index (κ3) is 6.59. The van der Waals surface area contributed by atoms with E-state index < -0.39 is 11.9 Å². The molecule has 0 spiro atoms. The van der Waals surface area contributed by atoms with Gasteiger partial charge < -0.3 is 10.2 Å². The van der Waals surface area contributed by atoms with Gasteiger partial charge in [0.1, 0.15) is 0 Å². The zero-order chi connectivity index (χ0) is 21.3. The minimum Gasteiger partial charge on any atom is -0.478 e. The van der Waals surface area contributed by atoms with E-state index in [1.54, 1.807) is 12.4 Å². The molecule has 0 fully saturated rings. The van der Waals surface area contributed by atoms with E-state index in [4.69, 9.17) is 10.2 Å².